The average molecular weight is 2060 g/mol. The number of aliphatic hydroxyl groups is 3. The Morgan fingerprint density at radius 3 is 1.19 bits per heavy atom. The lowest BCUT2D eigenvalue weighted by Crippen LogP contribution is -2.54. The summed E-state index contributed by atoms with van der Waals surface area (Å²) in [6.45, 7) is 86.1. The van der Waals surface area contributed by atoms with Crippen LogP contribution in [-0.4, -0.2) is 424 Å². The molecule has 0 amide bonds. The van der Waals surface area contributed by atoms with E-state index in [1.165, 1.54) is 110 Å². The first-order valence-corrected chi connectivity index (χ1v) is 57.3. The number of nitrogens with one attached hydrogen (secondary N) is 3. The number of nitrogens with zero attached hydrogens (tertiary/aromatic N) is 8. The van der Waals surface area contributed by atoms with E-state index in [1.54, 1.807) is 9.80 Å². The van der Waals surface area contributed by atoms with Crippen LogP contribution in [0.4, 0.5) is 22.0 Å². The molecule has 34 heteroatoms. The van der Waals surface area contributed by atoms with Gasteiger partial charge in [0.2, 0.25) is 10.0 Å². The standard InChI is InChI=1S/C10H20O2.C9H20N2O2S.C9H18N2.C9H18O2.2C8H16F2N2.C8H16FNO.C8H18N2.C8H17NO.2C8H16O2.C7H16N2.C7H14O2/c1-7(2)12-9-6-4-5-8(3)10(9)11;1-8(2)11-6-4-9(5-7-11)10-14(3,12)13;1-7(2)11-5-8-3-10-4-9(8)6-11;1-8(2)11-7-9-5-3-4-6-10-9;2*1-6(2)12-4-7(11)3-8(9,10)5-12;1-6(2)10-4-3-7(9)8(11)5-10;1-7(2)10-5-3-8(9)4-6-10;1-7(2)9-5-3-8(10)4-6-9;1-7(2)10-6-8(3)4-9-5-8;1-7(2)10-6-8-4-3-5-9-8;1-7(2)9-5-3-8-4-6-9;1-6(2)9-5-7-3-8-4-7/h7-11H,4-6H2,1-3H3;8-10H,4-7H2,1-3H3;7-10H,3-6H2,1-2H3;8-9H,3-7H2,1-2H3;2*6-7H,3-5,11H2,1-2H3;6-8,11H,3-5H2,1-2H3;7-8H,3-6,9H2,1-2H3;7-8,10H,3-6H2,1-2H3;7H,4-6H2,1-3H3;7-8H,3-6H2,1-2H3;7-8H,3-6H2,1-2H3;6-7H,3-5H2,1-2H3/t8-,9-,10+;;;;2*7-;7-,8-;;;;;;/m1...100....../s1. The van der Waals surface area contributed by atoms with Crippen LogP contribution in [-0.2, 0) is 52.7 Å². The fourth-order valence-corrected chi connectivity index (χ4v) is 19.3. The molecule has 0 spiro atoms. The van der Waals surface area contributed by atoms with Crippen molar-refractivity contribution in [3.63, 3.8) is 0 Å². The molecule has 12 N–H and O–H groups in total. The summed E-state index contributed by atoms with van der Waals surface area (Å²) in [5.74, 6) is -2.20. The number of piperazine rings is 1. The summed E-state index contributed by atoms with van der Waals surface area (Å²) in [5.41, 5.74) is 17.1. The molecule has 13 heterocycles. The van der Waals surface area contributed by atoms with E-state index in [9.17, 15) is 45.7 Å². The van der Waals surface area contributed by atoms with Crippen molar-refractivity contribution in [1.82, 2.24) is 54.6 Å². The Balaban J connectivity index is 0.000000517. The fraction of sp³-hybridized carbons (Fsp3) is 1.00. The second-order valence-corrected chi connectivity index (χ2v) is 48.1. The van der Waals surface area contributed by atoms with Crippen molar-refractivity contribution in [3.05, 3.63) is 0 Å². The lowest BCUT2D eigenvalue weighted by Gasteiger charge is -2.38. The van der Waals surface area contributed by atoms with Crippen molar-refractivity contribution < 1.29 is 88.3 Å². The van der Waals surface area contributed by atoms with Crippen LogP contribution in [0, 0.1) is 29.1 Å². The highest BCUT2D eigenvalue weighted by molar-refractivity contribution is 7.88. The first kappa shape index (κ1) is 136. The Hall–Kier alpha value is -1.44. The number of alkyl halides is 5. The number of sulfonamides is 1. The molecule has 11 atom stereocenters. The van der Waals surface area contributed by atoms with Gasteiger partial charge < -0.3 is 105 Å². The summed E-state index contributed by atoms with van der Waals surface area (Å²) >= 11 is 0. The summed E-state index contributed by atoms with van der Waals surface area (Å²) in [7, 11) is -3.03. The fourth-order valence-electron chi connectivity index (χ4n) is 18.5. The SMILES string of the molecule is CC(C)N1CC2CNCC2C1.CC(C)N1CCC(N)CC1.CC(C)N1CCC(NS(C)(=O)=O)CC1.CC(C)N1CCC(O)CC1.CC(C)N1CCNCC1.CC(C)N1CC[C@H](F)[C@@H](O)C1.CC(C)N1C[C@@H](N)CC(F)(F)C1.CC(C)N1C[C@H](N)CC(F)(F)C1.CC(C)OCC1(C)COC1.CC(C)OCC1CCCCO1.CC(C)OCC1CCCO1.CC(C)OCC1COC1.CC(C)O[C@@H]1CCC[C@@H](C)[C@@H]1O. The van der Waals surface area contributed by atoms with Gasteiger partial charge in [0.25, 0.3) is 11.8 Å². The molecule has 844 valence electrons. The molecule has 28 nitrogen and oxygen atoms in total. The Labute approximate surface area is 858 Å². The maximum absolute atomic E-state index is 12.9. The number of β-amino-alcohol motifs (C(OH)–C–C–N with tert-alkyl or cyclic N) is 1. The normalized spacial score (nSPS) is 28.0. The second-order valence-electron chi connectivity index (χ2n) is 46.3. The van der Waals surface area contributed by atoms with Gasteiger partial charge in [0.1, 0.15) is 6.17 Å². The molecule has 14 fully saturated rings. The molecule has 1 aliphatic carbocycles. The summed E-state index contributed by atoms with van der Waals surface area (Å²) in [6, 6.07) is 3.96. The van der Waals surface area contributed by atoms with E-state index < -0.39 is 34.1 Å². The number of aliphatic hydroxyl groups excluding tert-OH is 3. The molecule has 14 aliphatic rings. The van der Waals surface area contributed by atoms with Gasteiger partial charge in [-0.2, -0.15) is 0 Å². The molecule has 14 rings (SSSR count). The number of rotatable bonds is 24. The monoisotopic (exact) mass is 2050 g/mol. The molecule has 0 aromatic heterocycles. The second kappa shape index (κ2) is 73.0. The highest BCUT2D eigenvalue weighted by Gasteiger charge is 2.43. The number of likely N-dealkylation sites (tertiary alicyclic amines) is 7. The van der Waals surface area contributed by atoms with Crippen LogP contribution in [0.1, 0.15) is 303 Å². The van der Waals surface area contributed by atoms with Crippen LogP contribution in [0.25, 0.3) is 0 Å². The number of piperidine rings is 6. The third-order valence-corrected chi connectivity index (χ3v) is 28.7. The predicted molar refractivity (Wildman–Crippen MR) is 570 cm³/mol. The first-order valence-electron chi connectivity index (χ1n) is 55.4. The van der Waals surface area contributed by atoms with E-state index >= 15 is 0 Å². The third-order valence-electron chi connectivity index (χ3n) is 28.0. The zero-order chi connectivity index (χ0) is 107. The average Bonchev–Trinajstić information content (AvgIpc) is 1.66. The smallest absolute Gasteiger partial charge is 0.262 e. The summed E-state index contributed by atoms with van der Waals surface area (Å²) < 4.78 is 137. The highest BCUT2D eigenvalue weighted by atomic mass is 32.2. The lowest BCUT2D eigenvalue weighted by atomic mass is 9.86. The molecule has 0 aromatic rings. The minimum Gasteiger partial charge on any atom is -0.393 e. The number of fused-ring (bicyclic) bond motifs is 1. The molecule has 0 aromatic carbocycles. The van der Waals surface area contributed by atoms with Crippen molar-refractivity contribution in [2.45, 2.75) is 461 Å². The van der Waals surface area contributed by atoms with E-state index in [1.807, 2.05) is 41.5 Å². The van der Waals surface area contributed by atoms with Crippen molar-refractivity contribution in [1.29, 1.82) is 0 Å². The van der Waals surface area contributed by atoms with E-state index in [0.717, 1.165) is 174 Å². The number of ether oxygens (including phenoxy) is 9. The maximum Gasteiger partial charge on any atom is 0.262 e. The van der Waals surface area contributed by atoms with Crippen LogP contribution < -0.4 is 32.6 Å². The molecular weight excluding hydrogens is 1830 g/mol. The van der Waals surface area contributed by atoms with Gasteiger partial charge in [-0.15, -0.1) is 0 Å². The van der Waals surface area contributed by atoms with Crippen molar-refractivity contribution in [2.24, 2.45) is 46.3 Å². The predicted octanol–water partition coefficient (Wildman–Crippen LogP) is 13.9. The lowest BCUT2D eigenvalue weighted by molar-refractivity contribution is -0.145. The molecule has 141 heavy (non-hydrogen) atoms. The largest absolute Gasteiger partial charge is 0.393 e. The molecule has 4 unspecified atom stereocenters. The molecule has 0 bridgehead atoms. The maximum atomic E-state index is 12.9. The van der Waals surface area contributed by atoms with E-state index in [2.05, 4.69) is 197 Å². The number of hydrogen-bond donors (Lipinski definition) is 9. The number of halogens is 5. The highest BCUT2D eigenvalue weighted by Crippen LogP contribution is 2.33. The van der Waals surface area contributed by atoms with Gasteiger partial charge in [0.05, 0.1) is 139 Å². The van der Waals surface area contributed by atoms with Crippen molar-refractivity contribution in [3.8, 4) is 0 Å². The first-order chi connectivity index (χ1) is 65.9. The van der Waals surface area contributed by atoms with E-state index in [0.29, 0.717) is 110 Å². The molecule has 0 radical (unpaired) electrons. The van der Waals surface area contributed by atoms with Gasteiger partial charge in [-0.3, -0.25) is 19.6 Å². The quantitative estimate of drug-likeness (QED) is 0.0406. The van der Waals surface area contributed by atoms with Crippen molar-refractivity contribution >= 4 is 10.0 Å². The van der Waals surface area contributed by atoms with Gasteiger partial charge in [-0.05, 0) is 327 Å². The van der Waals surface area contributed by atoms with Gasteiger partial charge >= 0.3 is 0 Å². The minimum absolute atomic E-state index is 0.0324. The summed E-state index contributed by atoms with van der Waals surface area (Å²) in [4.78, 5) is 17.9. The Morgan fingerprint density at radius 2 is 0.837 bits per heavy atom. The van der Waals surface area contributed by atoms with Crippen molar-refractivity contribution in [2.75, 3.05) is 203 Å². The summed E-state index contributed by atoms with van der Waals surface area (Å²) in [6.07, 6.45) is 17.3. The molecular formula is C107H221F5N14O14S. The minimum atomic E-state index is -3.03. The Bertz CT molecular complexity index is 3030. The van der Waals surface area contributed by atoms with Crippen LogP contribution in [0.3, 0.4) is 0 Å². The van der Waals surface area contributed by atoms with Crippen LogP contribution in [0.2, 0.25) is 0 Å². The topological polar surface area (TPSA) is 318 Å². The van der Waals surface area contributed by atoms with Crippen LogP contribution in [0.5, 0.6) is 0 Å². The zero-order valence-electron chi connectivity index (χ0n) is 94.8. The van der Waals surface area contributed by atoms with Gasteiger partial charge in [0, 0.05) is 188 Å². The van der Waals surface area contributed by atoms with Gasteiger partial charge in [0.15, 0.2) is 0 Å². The van der Waals surface area contributed by atoms with Gasteiger partial charge in [-0.25, -0.2) is 35.1 Å². The van der Waals surface area contributed by atoms with Gasteiger partial charge in [-0.1, -0.05) is 20.3 Å². The number of hydrogen-bond acceptors (Lipinski definition) is 27. The van der Waals surface area contributed by atoms with E-state index in [-0.39, 0.29) is 80.6 Å². The summed E-state index contributed by atoms with van der Waals surface area (Å²) in [5, 5.41) is 34.9. The molecule has 13 saturated heterocycles. The Kier molecular flexibility index (Phi) is 70.2. The molecule has 13 aliphatic heterocycles. The van der Waals surface area contributed by atoms with Crippen LogP contribution >= 0.6 is 0 Å². The molecule has 1 saturated carbocycles. The third kappa shape index (κ3) is 64.2. The zero-order valence-corrected chi connectivity index (χ0v) is 95.7. The number of nitrogens with two attached hydrogens (primary N) is 3. The van der Waals surface area contributed by atoms with E-state index in [4.69, 9.17) is 59.8 Å². The van der Waals surface area contributed by atoms with Crippen LogP contribution in [0.15, 0.2) is 0 Å². The Morgan fingerprint density at radius 1 is 0.433 bits per heavy atom.